The number of guanidine groups is 1. The third-order valence-corrected chi connectivity index (χ3v) is 5.78. The SMILES string of the molecule is CCN1CCCC1CNC(=NC)NCCCN1CCN(c2ncccn2)CC1. The summed E-state index contributed by atoms with van der Waals surface area (Å²) >= 11 is 0. The zero-order valence-corrected chi connectivity index (χ0v) is 17.5. The highest BCUT2D eigenvalue weighted by Crippen LogP contribution is 2.15. The average Bonchev–Trinajstić information content (AvgIpc) is 3.22. The molecule has 0 saturated carbocycles. The first kappa shape index (κ1) is 20.8. The third kappa shape index (κ3) is 6.04. The molecule has 1 aromatic rings. The van der Waals surface area contributed by atoms with Crippen molar-refractivity contribution in [1.29, 1.82) is 0 Å². The molecule has 0 aliphatic carbocycles. The number of hydrogen-bond donors (Lipinski definition) is 2. The van der Waals surface area contributed by atoms with Crippen molar-refractivity contribution in [2.24, 2.45) is 4.99 Å². The highest BCUT2D eigenvalue weighted by atomic mass is 15.3. The van der Waals surface area contributed by atoms with Crippen molar-refractivity contribution in [3.05, 3.63) is 18.5 Å². The summed E-state index contributed by atoms with van der Waals surface area (Å²) in [5, 5.41) is 6.96. The van der Waals surface area contributed by atoms with Crippen LogP contribution in [-0.2, 0) is 0 Å². The van der Waals surface area contributed by atoms with E-state index in [9.17, 15) is 0 Å². The molecule has 8 heteroatoms. The van der Waals surface area contributed by atoms with E-state index in [4.69, 9.17) is 0 Å². The van der Waals surface area contributed by atoms with E-state index in [1.54, 1.807) is 0 Å². The Bertz CT molecular complexity index is 585. The Morgan fingerprint density at radius 3 is 2.64 bits per heavy atom. The second-order valence-corrected chi connectivity index (χ2v) is 7.54. The molecule has 2 aliphatic heterocycles. The molecule has 0 aromatic carbocycles. The summed E-state index contributed by atoms with van der Waals surface area (Å²) < 4.78 is 0. The Morgan fingerprint density at radius 1 is 1.14 bits per heavy atom. The van der Waals surface area contributed by atoms with Gasteiger partial charge in [0.25, 0.3) is 0 Å². The Hall–Kier alpha value is -1.93. The number of aromatic nitrogens is 2. The van der Waals surface area contributed by atoms with Crippen molar-refractivity contribution in [3.8, 4) is 0 Å². The minimum atomic E-state index is 0.647. The molecule has 156 valence electrons. The molecule has 2 saturated heterocycles. The van der Waals surface area contributed by atoms with Gasteiger partial charge in [-0.3, -0.25) is 14.8 Å². The van der Waals surface area contributed by atoms with Crippen molar-refractivity contribution in [1.82, 2.24) is 30.4 Å². The molecule has 0 amide bonds. The van der Waals surface area contributed by atoms with Crippen LogP contribution in [-0.4, -0.2) is 97.7 Å². The van der Waals surface area contributed by atoms with E-state index in [-0.39, 0.29) is 0 Å². The van der Waals surface area contributed by atoms with Gasteiger partial charge in [-0.1, -0.05) is 6.92 Å². The van der Waals surface area contributed by atoms with Crippen molar-refractivity contribution >= 4 is 11.9 Å². The molecule has 2 N–H and O–H groups in total. The van der Waals surface area contributed by atoms with Gasteiger partial charge in [0.15, 0.2) is 5.96 Å². The summed E-state index contributed by atoms with van der Waals surface area (Å²) in [7, 11) is 1.85. The first-order valence-electron chi connectivity index (χ1n) is 10.7. The number of nitrogens with one attached hydrogen (secondary N) is 2. The lowest BCUT2D eigenvalue weighted by Gasteiger charge is -2.34. The first-order valence-corrected chi connectivity index (χ1v) is 10.7. The van der Waals surface area contributed by atoms with Gasteiger partial charge in [-0.25, -0.2) is 9.97 Å². The van der Waals surface area contributed by atoms with E-state index < -0.39 is 0 Å². The van der Waals surface area contributed by atoms with E-state index in [2.05, 4.69) is 47.2 Å². The molecule has 1 aromatic heterocycles. The van der Waals surface area contributed by atoms with Gasteiger partial charge in [0.05, 0.1) is 0 Å². The van der Waals surface area contributed by atoms with Gasteiger partial charge in [-0.15, -0.1) is 0 Å². The summed E-state index contributed by atoms with van der Waals surface area (Å²) in [4.78, 5) is 20.4. The predicted octanol–water partition coefficient (Wildman–Crippen LogP) is 0.638. The van der Waals surface area contributed by atoms with Gasteiger partial charge in [0.1, 0.15) is 0 Å². The third-order valence-electron chi connectivity index (χ3n) is 5.78. The molecular formula is C20H36N8. The van der Waals surface area contributed by atoms with Gasteiger partial charge in [-0.2, -0.15) is 0 Å². The number of likely N-dealkylation sites (N-methyl/N-ethyl adjacent to an activating group) is 1. The molecular weight excluding hydrogens is 352 g/mol. The summed E-state index contributed by atoms with van der Waals surface area (Å²) in [5.74, 6) is 1.77. The maximum absolute atomic E-state index is 4.37. The predicted molar refractivity (Wildman–Crippen MR) is 115 cm³/mol. The van der Waals surface area contributed by atoms with Crippen LogP contribution in [0.15, 0.2) is 23.5 Å². The Kier molecular flexibility index (Phi) is 8.29. The topological polar surface area (TPSA) is 71.9 Å². The summed E-state index contributed by atoms with van der Waals surface area (Å²) in [5.41, 5.74) is 0. The number of hydrogen-bond acceptors (Lipinski definition) is 6. The van der Waals surface area contributed by atoms with Gasteiger partial charge < -0.3 is 15.5 Å². The lowest BCUT2D eigenvalue weighted by molar-refractivity contribution is 0.254. The average molecular weight is 389 g/mol. The number of piperazine rings is 1. The Morgan fingerprint density at radius 2 is 1.93 bits per heavy atom. The molecule has 0 radical (unpaired) electrons. The van der Waals surface area contributed by atoms with Gasteiger partial charge in [-0.05, 0) is 45.0 Å². The van der Waals surface area contributed by atoms with Crippen LogP contribution in [0.2, 0.25) is 0 Å². The molecule has 0 bridgehead atoms. The van der Waals surface area contributed by atoms with Crippen molar-refractivity contribution in [2.75, 3.05) is 70.9 Å². The summed E-state index contributed by atoms with van der Waals surface area (Å²) in [6.45, 7) is 11.8. The van der Waals surface area contributed by atoms with Crippen LogP contribution in [0.3, 0.4) is 0 Å². The second-order valence-electron chi connectivity index (χ2n) is 7.54. The monoisotopic (exact) mass is 388 g/mol. The smallest absolute Gasteiger partial charge is 0.225 e. The zero-order valence-electron chi connectivity index (χ0n) is 17.5. The molecule has 1 unspecified atom stereocenters. The van der Waals surface area contributed by atoms with Gasteiger partial charge in [0.2, 0.25) is 5.95 Å². The van der Waals surface area contributed by atoms with Crippen LogP contribution in [0.25, 0.3) is 0 Å². The standard InChI is InChI=1S/C20H36N8/c1-3-27-12-4-7-18(27)17-25-19(21-2)22-10-6-11-26-13-15-28(16-14-26)20-23-8-5-9-24-20/h5,8-9,18H,3-4,6-7,10-17H2,1-2H3,(H2,21,22,25). The van der Waals surface area contributed by atoms with E-state index in [1.807, 2.05) is 25.5 Å². The van der Waals surface area contributed by atoms with Crippen LogP contribution in [0, 0.1) is 0 Å². The number of likely N-dealkylation sites (tertiary alicyclic amines) is 1. The first-order chi connectivity index (χ1) is 13.8. The fourth-order valence-corrected chi connectivity index (χ4v) is 4.11. The molecule has 8 nitrogen and oxygen atoms in total. The molecule has 3 rings (SSSR count). The van der Waals surface area contributed by atoms with Gasteiger partial charge >= 0.3 is 0 Å². The number of nitrogens with zero attached hydrogens (tertiary/aromatic N) is 6. The molecule has 28 heavy (non-hydrogen) atoms. The minimum Gasteiger partial charge on any atom is -0.356 e. The van der Waals surface area contributed by atoms with Crippen LogP contribution in [0.5, 0.6) is 0 Å². The van der Waals surface area contributed by atoms with E-state index in [0.29, 0.717) is 6.04 Å². The fourth-order valence-electron chi connectivity index (χ4n) is 4.11. The maximum Gasteiger partial charge on any atom is 0.225 e. The lowest BCUT2D eigenvalue weighted by Crippen LogP contribution is -2.48. The van der Waals surface area contributed by atoms with Crippen LogP contribution in [0.4, 0.5) is 5.95 Å². The molecule has 0 spiro atoms. The zero-order chi connectivity index (χ0) is 19.6. The fraction of sp³-hybridized carbons (Fsp3) is 0.750. The van der Waals surface area contributed by atoms with E-state index in [1.165, 1.54) is 19.4 Å². The van der Waals surface area contributed by atoms with Crippen molar-refractivity contribution < 1.29 is 0 Å². The maximum atomic E-state index is 4.37. The molecule has 2 aliphatic rings. The largest absolute Gasteiger partial charge is 0.356 e. The quantitative estimate of drug-likeness (QED) is 0.385. The van der Waals surface area contributed by atoms with Crippen molar-refractivity contribution in [2.45, 2.75) is 32.2 Å². The minimum absolute atomic E-state index is 0.647. The summed E-state index contributed by atoms with van der Waals surface area (Å²) in [6, 6.07) is 2.51. The lowest BCUT2D eigenvalue weighted by atomic mass is 10.2. The molecule has 2 fully saturated rings. The van der Waals surface area contributed by atoms with Gasteiger partial charge in [0, 0.05) is 64.8 Å². The number of rotatable bonds is 8. The van der Waals surface area contributed by atoms with Crippen LogP contribution < -0.4 is 15.5 Å². The van der Waals surface area contributed by atoms with Crippen LogP contribution in [0.1, 0.15) is 26.2 Å². The normalized spacial score (nSPS) is 21.9. The van der Waals surface area contributed by atoms with E-state index >= 15 is 0 Å². The van der Waals surface area contributed by atoms with Crippen molar-refractivity contribution in [3.63, 3.8) is 0 Å². The highest BCUT2D eigenvalue weighted by molar-refractivity contribution is 5.79. The number of anilines is 1. The second kappa shape index (κ2) is 11.2. The van der Waals surface area contributed by atoms with E-state index in [0.717, 1.165) is 70.7 Å². The van der Waals surface area contributed by atoms with Crippen LogP contribution >= 0.6 is 0 Å². The molecule has 3 heterocycles. The number of aliphatic imine (C=N–C) groups is 1. The Balaban J connectivity index is 1.28. The highest BCUT2D eigenvalue weighted by Gasteiger charge is 2.22. The summed E-state index contributed by atoms with van der Waals surface area (Å²) in [6.07, 6.45) is 7.35. The Labute approximate surface area is 169 Å². The molecule has 1 atom stereocenters.